The number of esters is 1. The zero-order valence-corrected chi connectivity index (χ0v) is 17.9. The largest absolute Gasteiger partial charge is 0.464 e. The van der Waals surface area contributed by atoms with E-state index < -0.39 is 41.7 Å². The summed E-state index contributed by atoms with van der Waals surface area (Å²) in [5.74, 6) is -2.68. The first-order valence-electron chi connectivity index (χ1n) is 9.45. The van der Waals surface area contributed by atoms with Crippen molar-refractivity contribution in [3.05, 3.63) is 46.7 Å². The van der Waals surface area contributed by atoms with Crippen molar-refractivity contribution in [3.63, 3.8) is 0 Å². The third kappa shape index (κ3) is 4.71. The number of urea groups is 1. The lowest BCUT2D eigenvalue weighted by Crippen LogP contribution is -2.48. The number of carbonyl (C=O) groups is 4. The molecule has 2 aromatic rings. The molecular weight excluding hydrogens is 427 g/mol. The molecule has 2 atom stereocenters. The molecule has 3 rings (SSSR count). The van der Waals surface area contributed by atoms with Crippen LogP contribution in [0.5, 0.6) is 0 Å². The van der Waals surface area contributed by atoms with Crippen LogP contribution >= 0.6 is 11.3 Å². The predicted molar refractivity (Wildman–Crippen MR) is 110 cm³/mol. The topological polar surface area (TPSA) is 118 Å². The highest BCUT2D eigenvalue weighted by atomic mass is 32.1. The number of benzene rings is 1. The lowest BCUT2D eigenvalue weighted by molar-refractivity contribution is -0.134. The van der Waals surface area contributed by atoms with Gasteiger partial charge in [0.25, 0.3) is 5.91 Å². The van der Waals surface area contributed by atoms with E-state index in [0.717, 1.165) is 16.2 Å². The molecule has 0 aliphatic carbocycles. The van der Waals surface area contributed by atoms with Crippen molar-refractivity contribution in [1.29, 1.82) is 0 Å². The van der Waals surface area contributed by atoms with E-state index >= 15 is 0 Å². The minimum Gasteiger partial charge on any atom is -0.464 e. The SMILES string of the molecule is COC(=O)c1csc(NC(=O)[C@H](CC(C)C)N2C(=O)NC(c3ccccc3F)C2=O)n1. The maximum Gasteiger partial charge on any atom is 0.357 e. The number of imide groups is 1. The van der Waals surface area contributed by atoms with Gasteiger partial charge in [-0.25, -0.2) is 23.9 Å². The van der Waals surface area contributed by atoms with Crippen LogP contribution in [0.3, 0.4) is 0 Å². The second-order valence-corrected chi connectivity index (χ2v) is 8.13. The first-order valence-corrected chi connectivity index (χ1v) is 10.3. The summed E-state index contributed by atoms with van der Waals surface area (Å²) in [6.07, 6.45) is 0.185. The van der Waals surface area contributed by atoms with Gasteiger partial charge in [0.2, 0.25) is 5.91 Å². The van der Waals surface area contributed by atoms with Gasteiger partial charge in [0.05, 0.1) is 7.11 Å². The molecule has 2 N–H and O–H groups in total. The number of anilines is 1. The maximum atomic E-state index is 14.2. The third-order valence-electron chi connectivity index (χ3n) is 4.63. The van der Waals surface area contributed by atoms with E-state index in [0.29, 0.717) is 0 Å². The molecule has 2 heterocycles. The molecular formula is C20H21FN4O5S. The van der Waals surface area contributed by atoms with Crippen LogP contribution in [0, 0.1) is 11.7 Å². The first-order chi connectivity index (χ1) is 14.7. The molecule has 9 nitrogen and oxygen atoms in total. The van der Waals surface area contributed by atoms with Gasteiger partial charge in [-0.1, -0.05) is 32.0 Å². The summed E-state index contributed by atoms with van der Waals surface area (Å²) in [4.78, 5) is 54.9. The van der Waals surface area contributed by atoms with Gasteiger partial charge in [-0.05, 0) is 18.4 Å². The van der Waals surface area contributed by atoms with Gasteiger partial charge in [0.15, 0.2) is 10.8 Å². The van der Waals surface area contributed by atoms with Crippen molar-refractivity contribution in [2.24, 2.45) is 5.92 Å². The van der Waals surface area contributed by atoms with Crippen LogP contribution in [0.1, 0.15) is 42.4 Å². The summed E-state index contributed by atoms with van der Waals surface area (Å²) in [5, 5.41) is 6.54. The quantitative estimate of drug-likeness (QED) is 0.497. The normalized spacial score (nSPS) is 16.9. The number of hydrogen-bond acceptors (Lipinski definition) is 7. The van der Waals surface area contributed by atoms with Crippen LogP contribution in [-0.4, -0.2) is 46.9 Å². The standard InChI is InChI=1S/C20H21FN4O5S/c1-10(2)8-14(16(26)24-19-22-13(9-31-19)18(28)30-3)25-17(27)15(23-20(25)29)11-6-4-5-7-12(11)21/h4-7,9-10,14-15H,8H2,1-3H3,(H,23,29)(H,22,24,26)/t14-,15?/m0/s1. The van der Waals surface area contributed by atoms with E-state index in [9.17, 15) is 23.6 Å². The van der Waals surface area contributed by atoms with E-state index in [1.807, 2.05) is 13.8 Å². The number of aromatic nitrogens is 1. The lowest BCUT2D eigenvalue weighted by Gasteiger charge is -2.25. The van der Waals surface area contributed by atoms with Crippen LogP contribution in [0.25, 0.3) is 0 Å². The van der Waals surface area contributed by atoms with Gasteiger partial charge in [-0.2, -0.15) is 0 Å². The fourth-order valence-electron chi connectivity index (χ4n) is 3.20. The highest BCUT2D eigenvalue weighted by Gasteiger charge is 2.46. The fraction of sp³-hybridized carbons (Fsp3) is 0.350. The molecule has 164 valence electrons. The summed E-state index contributed by atoms with van der Waals surface area (Å²) in [7, 11) is 1.21. The molecule has 1 aliphatic rings. The molecule has 0 saturated carbocycles. The number of rotatable bonds is 7. The molecule has 1 saturated heterocycles. The van der Waals surface area contributed by atoms with E-state index in [1.54, 1.807) is 6.07 Å². The second kappa shape index (κ2) is 9.21. The molecule has 1 aromatic carbocycles. The number of nitrogens with one attached hydrogen (secondary N) is 2. The van der Waals surface area contributed by atoms with Crippen LogP contribution in [0.2, 0.25) is 0 Å². The molecule has 0 bridgehead atoms. The molecule has 1 aliphatic heterocycles. The Bertz CT molecular complexity index is 1020. The minimum atomic E-state index is -1.22. The second-order valence-electron chi connectivity index (χ2n) is 7.28. The average molecular weight is 448 g/mol. The van der Waals surface area contributed by atoms with Crippen LogP contribution in [0.4, 0.5) is 14.3 Å². The summed E-state index contributed by atoms with van der Waals surface area (Å²) in [6.45, 7) is 3.68. The Kier molecular flexibility index (Phi) is 6.64. The monoisotopic (exact) mass is 448 g/mol. The van der Waals surface area contributed by atoms with Crippen LogP contribution in [-0.2, 0) is 14.3 Å². The van der Waals surface area contributed by atoms with Gasteiger partial charge in [-0.3, -0.25) is 9.59 Å². The van der Waals surface area contributed by atoms with Crippen molar-refractivity contribution >= 4 is 40.3 Å². The fourth-order valence-corrected chi connectivity index (χ4v) is 3.89. The summed E-state index contributed by atoms with van der Waals surface area (Å²) in [6, 6.07) is 2.48. The van der Waals surface area contributed by atoms with E-state index in [1.165, 1.54) is 30.7 Å². The summed E-state index contributed by atoms with van der Waals surface area (Å²) in [5.41, 5.74) is 0.0486. The van der Waals surface area contributed by atoms with Gasteiger partial charge in [0.1, 0.15) is 17.9 Å². The van der Waals surface area contributed by atoms with E-state index in [-0.39, 0.29) is 28.7 Å². The highest BCUT2D eigenvalue weighted by Crippen LogP contribution is 2.28. The minimum absolute atomic E-state index is 0.0229. The number of thiazole rings is 1. The van der Waals surface area contributed by atoms with Crippen LogP contribution < -0.4 is 10.6 Å². The molecule has 4 amide bonds. The van der Waals surface area contributed by atoms with Crippen molar-refractivity contribution in [2.75, 3.05) is 12.4 Å². The molecule has 31 heavy (non-hydrogen) atoms. The lowest BCUT2D eigenvalue weighted by atomic mass is 10.0. The van der Waals surface area contributed by atoms with Crippen molar-refractivity contribution in [3.8, 4) is 0 Å². The third-order valence-corrected chi connectivity index (χ3v) is 5.38. The average Bonchev–Trinajstić information content (AvgIpc) is 3.30. The molecule has 1 aromatic heterocycles. The maximum absolute atomic E-state index is 14.2. The Hall–Kier alpha value is -3.34. The first kappa shape index (κ1) is 22.3. The Labute approximate surface area is 181 Å². The summed E-state index contributed by atoms with van der Waals surface area (Å²) < 4.78 is 18.8. The molecule has 0 spiro atoms. The summed E-state index contributed by atoms with van der Waals surface area (Å²) >= 11 is 1.00. The van der Waals surface area contributed by atoms with Crippen molar-refractivity contribution in [1.82, 2.24) is 15.2 Å². The van der Waals surface area contributed by atoms with Gasteiger partial charge >= 0.3 is 12.0 Å². The van der Waals surface area contributed by atoms with Crippen LogP contribution in [0.15, 0.2) is 29.6 Å². The smallest absolute Gasteiger partial charge is 0.357 e. The van der Waals surface area contributed by atoms with Crippen molar-refractivity contribution < 1.29 is 28.3 Å². The number of nitrogens with zero attached hydrogens (tertiary/aromatic N) is 2. The Morgan fingerprint density at radius 1 is 1.32 bits per heavy atom. The highest BCUT2D eigenvalue weighted by molar-refractivity contribution is 7.14. The van der Waals surface area contributed by atoms with Gasteiger partial charge in [0, 0.05) is 10.9 Å². The Morgan fingerprint density at radius 3 is 2.68 bits per heavy atom. The molecule has 11 heteroatoms. The number of hydrogen-bond donors (Lipinski definition) is 2. The van der Waals surface area contributed by atoms with Gasteiger partial charge in [-0.15, -0.1) is 11.3 Å². The van der Waals surface area contributed by atoms with E-state index in [4.69, 9.17) is 0 Å². The number of methoxy groups -OCH3 is 1. The zero-order chi connectivity index (χ0) is 22.7. The Morgan fingerprint density at radius 2 is 2.03 bits per heavy atom. The number of halogens is 1. The molecule has 1 unspecified atom stereocenters. The van der Waals surface area contributed by atoms with Gasteiger partial charge < -0.3 is 15.4 Å². The number of amides is 4. The number of ether oxygens (including phenoxy) is 1. The Balaban J connectivity index is 1.84. The number of carbonyl (C=O) groups excluding carboxylic acids is 4. The molecule has 1 fully saturated rings. The zero-order valence-electron chi connectivity index (χ0n) is 17.0. The van der Waals surface area contributed by atoms with Crippen molar-refractivity contribution in [2.45, 2.75) is 32.4 Å². The predicted octanol–water partition coefficient (Wildman–Crippen LogP) is 2.72. The van der Waals surface area contributed by atoms with E-state index in [2.05, 4.69) is 20.4 Å². The molecule has 0 radical (unpaired) electrons.